The Labute approximate surface area is 213 Å². The van der Waals surface area contributed by atoms with Crippen LogP contribution in [0.15, 0.2) is 30.3 Å². The van der Waals surface area contributed by atoms with Crippen LogP contribution < -0.4 is 0 Å². The second-order valence-corrected chi connectivity index (χ2v) is 9.73. The van der Waals surface area contributed by atoms with Crippen molar-refractivity contribution in [3.8, 4) is 0 Å². The second kappa shape index (κ2) is 15.9. The van der Waals surface area contributed by atoms with Gasteiger partial charge in [-0.15, -0.1) is 0 Å². The summed E-state index contributed by atoms with van der Waals surface area (Å²) in [6, 6.07) is 6.70. The number of carbonyl (C=O) groups is 2. The summed E-state index contributed by atoms with van der Waals surface area (Å²) in [5.74, 6) is -2.62. The van der Waals surface area contributed by atoms with E-state index in [9.17, 15) is 27.9 Å². The van der Waals surface area contributed by atoms with Crippen LogP contribution >= 0.6 is 0 Å². The van der Waals surface area contributed by atoms with Crippen LogP contribution in [0, 0.1) is 0 Å². The van der Waals surface area contributed by atoms with Gasteiger partial charge in [-0.25, -0.2) is 4.79 Å². The normalized spacial score (nSPS) is 15.1. The fourth-order valence-electron chi connectivity index (χ4n) is 4.18. The van der Waals surface area contributed by atoms with Gasteiger partial charge in [0.1, 0.15) is 6.61 Å². The maximum absolute atomic E-state index is 13.9. The molecule has 0 unspecified atom stereocenters. The Hall–Kier alpha value is -2.09. The lowest BCUT2D eigenvalue weighted by molar-refractivity contribution is -0.210. The third kappa shape index (κ3) is 9.75. The Morgan fingerprint density at radius 3 is 1.72 bits per heavy atom. The fourth-order valence-corrected chi connectivity index (χ4v) is 4.18. The summed E-state index contributed by atoms with van der Waals surface area (Å²) >= 11 is 0. The molecule has 5 nitrogen and oxygen atoms in total. The summed E-state index contributed by atoms with van der Waals surface area (Å²) in [6.07, 6.45) is 8.10. The molecular formula is C28H43F3O5. The van der Waals surface area contributed by atoms with Gasteiger partial charge in [-0.3, -0.25) is 4.79 Å². The van der Waals surface area contributed by atoms with Gasteiger partial charge in [0.05, 0.1) is 7.11 Å². The third-order valence-corrected chi connectivity index (χ3v) is 6.78. The highest BCUT2D eigenvalue weighted by Gasteiger charge is 2.59. The van der Waals surface area contributed by atoms with Crippen LogP contribution in [0.25, 0.3) is 0 Å². The van der Waals surface area contributed by atoms with Gasteiger partial charge in [-0.2, -0.15) is 13.2 Å². The first-order valence-corrected chi connectivity index (χ1v) is 13.1. The summed E-state index contributed by atoms with van der Waals surface area (Å²) < 4.78 is 51.3. The fraction of sp³-hybridized carbons (Fsp3) is 0.714. The molecule has 206 valence electrons. The highest BCUT2D eigenvalue weighted by molar-refractivity contribution is 5.85. The Morgan fingerprint density at radius 2 is 1.28 bits per heavy atom. The zero-order valence-corrected chi connectivity index (χ0v) is 22.0. The summed E-state index contributed by atoms with van der Waals surface area (Å²) in [6.45, 7) is 2.02. The van der Waals surface area contributed by atoms with E-state index < -0.39 is 35.7 Å². The van der Waals surface area contributed by atoms with Crippen molar-refractivity contribution in [1.29, 1.82) is 0 Å². The molecule has 0 radical (unpaired) electrons. The van der Waals surface area contributed by atoms with E-state index in [-0.39, 0.29) is 12.0 Å². The number of alkyl halides is 3. The van der Waals surface area contributed by atoms with E-state index in [2.05, 4.69) is 11.7 Å². The van der Waals surface area contributed by atoms with E-state index in [0.29, 0.717) is 6.42 Å². The van der Waals surface area contributed by atoms with Crippen LogP contribution in [0.4, 0.5) is 13.2 Å². The molecule has 1 rings (SSSR count). The Balaban J connectivity index is 2.56. The van der Waals surface area contributed by atoms with Crippen molar-refractivity contribution < 1.29 is 37.3 Å². The molecule has 0 aliphatic carbocycles. The molecule has 0 aliphatic rings. The van der Waals surface area contributed by atoms with Gasteiger partial charge in [0, 0.05) is 0 Å². The molecule has 0 saturated carbocycles. The lowest BCUT2D eigenvalue weighted by atomic mass is 9.81. The first-order chi connectivity index (χ1) is 17.0. The van der Waals surface area contributed by atoms with Crippen molar-refractivity contribution in [2.75, 3.05) is 13.7 Å². The first-order valence-electron chi connectivity index (χ1n) is 13.1. The Bertz CT molecular complexity index is 768. The van der Waals surface area contributed by atoms with Gasteiger partial charge < -0.3 is 14.6 Å². The number of hydrogen-bond acceptors (Lipinski definition) is 5. The summed E-state index contributed by atoms with van der Waals surface area (Å²) in [4.78, 5) is 24.8. The first kappa shape index (κ1) is 31.9. The van der Waals surface area contributed by atoms with E-state index >= 15 is 0 Å². The number of aliphatic hydroxyl groups is 1. The number of unbranched alkanes of at least 4 members (excludes halogenated alkanes) is 11. The smallest absolute Gasteiger partial charge is 0.408 e. The largest absolute Gasteiger partial charge is 0.467 e. The van der Waals surface area contributed by atoms with Crippen LogP contribution in [0.3, 0.4) is 0 Å². The third-order valence-electron chi connectivity index (χ3n) is 6.78. The summed E-state index contributed by atoms with van der Waals surface area (Å²) in [5, 5.41) is 10.8. The lowest BCUT2D eigenvalue weighted by Crippen LogP contribution is -2.51. The Morgan fingerprint density at radius 1 is 0.806 bits per heavy atom. The highest BCUT2D eigenvalue weighted by atomic mass is 19.4. The van der Waals surface area contributed by atoms with Gasteiger partial charge >= 0.3 is 18.1 Å². The highest BCUT2D eigenvalue weighted by Crippen LogP contribution is 2.42. The number of carbonyl (C=O) groups excluding carboxylic acids is 2. The zero-order valence-electron chi connectivity index (χ0n) is 22.0. The van der Waals surface area contributed by atoms with Crippen LogP contribution in [-0.4, -0.2) is 42.5 Å². The van der Waals surface area contributed by atoms with E-state index in [4.69, 9.17) is 4.74 Å². The number of rotatable bonds is 18. The van der Waals surface area contributed by atoms with Crippen molar-refractivity contribution >= 4 is 11.9 Å². The second-order valence-electron chi connectivity index (χ2n) is 9.73. The van der Waals surface area contributed by atoms with Gasteiger partial charge in [-0.1, -0.05) is 108 Å². The van der Waals surface area contributed by atoms with Gasteiger partial charge in [0.25, 0.3) is 0 Å². The minimum absolute atomic E-state index is 0.0710. The number of halogens is 3. The van der Waals surface area contributed by atoms with Gasteiger partial charge in [-0.05, 0) is 25.3 Å². The predicted molar refractivity (Wildman–Crippen MR) is 133 cm³/mol. The average Bonchev–Trinajstić information content (AvgIpc) is 2.86. The lowest BCUT2D eigenvalue weighted by Gasteiger charge is -2.32. The van der Waals surface area contributed by atoms with E-state index in [0.717, 1.165) is 39.7 Å². The molecule has 0 fully saturated rings. The molecule has 36 heavy (non-hydrogen) atoms. The number of methoxy groups -OCH3 is 1. The summed E-state index contributed by atoms with van der Waals surface area (Å²) in [5.41, 5.74) is -5.43. The minimum atomic E-state index is -4.94. The number of benzene rings is 1. The molecule has 0 spiro atoms. The van der Waals surface area contributed by atoms with Crippen molar-refractivity contribution in [2.24, 2.45) is 0 Å². The van der Waals surface area contributed by atoms with Crippen molar-refractivity contribution in [1.82, 2.24) is 0 Å². The van der Waals surface area contributed by atoms with Gasteiger partial charge in [0.2, 0.25) is 0 Å². The summed E-state index contributed by atoms with van der Waals surface area (Å²) in [7, 11) is 1.07. The monoisotopic (exact) mass is 516 g/mol. The molecule has 0 aromatic heterocycles. The molecule has 1 aromatic rings. The maximum Gasteiger partial charge on any atom is 0.408 e. The molecular weight excluding hydrogens is 473 g/mol. The molecule has 0 bridgehead atoms. The molecule has 1 N–H and O–H groups in total. The molecule has 0 amide bonds. The SMILES string of the molecule is CCCCCCCCCCCCCC[C@@](O)(COC(=O)[C@](C)(c1ccccc1)C(F)(F)F)C(=O)OC. The molecule has 8 heteroatoms. The molecule has 0 aliphatic heterocycles. The number of hydrogen-bond donors (Lipinski definition) is 1. The van der Waals surface area contributed by atoms with Crippen molar-refractivity contribution in [2.45, 2.75) is 115 Å². The number of ether oxygens (including phenoxy) is 2. The standard InChI is InChI=1S/C28H43F3O5/c1-4-5-6-7-8-9-10-11-12-13-14-18-21-27(34,25(33)35-3)22-36-24(32)26(2,28(29,30)31)23-19-16-15-17-20-23/h15-17,19-20,34H,4-14,18,21-22H2,1-3H3/t26-,27+/m0/s1. The van der Waals surface area contributed by atoms with Crippen molar-refractivity contribution in [3.05, 3.63) is 35.9 Å². The molecule has 0 heterocycles. The molecule has 1 aromatic carbocycles. The maximum atomic E-state index is 13.9. The van der Waals surface area contributed by atoms with E-state index in [1.807, 2.05) is 0 Å². The topological polar surface area (TPSA) is 72.8 Å². The quantitative estimate of drug-likeness (QED) is 0.167. The van der Waals surface area contributed by atoms with Crippen LogP contribution in [0.1, 0.15) is 103 Å². The van der Waals surface area contributed by atoms with Crippen LogP contribution in [0.2, 0.25) is 0 Å². The Kier molecular flexibility index (Phi) is 14.1. The molecule has 2 atom stereocenters. The number of esters is 2. The van der Waals surface area contributed by atoms with Gasteiger partial charge in [0.15, 0.2) is 11.0 Å². The average molecular weight is 517 g/mol. The molecule has 0 saturated heterocycles. The zero-order chi connectivity index (χ0) is 27.1. The van der Waals surface area contributed by atoms with Crippen molar-refractivity contribution in [3.63, 3.8) is 0 Å². The van der Waals surface area contributed by atoms with Crippen LogP contribution in [0.5, 0.6) is 0 Å². The van der Waals surface area contributed by atoms with E-state index in [1.54, 1.807) is 0 Å². The minimum Gasteiger partial charge on any atom is -0.467 e. The van der Waals surface area contributed by atoms with Crippen LogP contribution in [-0.2, 0) is 24.5 Å². The predicted octanol–water partition coefficient (Wildman–Crippen LogP) is 7.05. The van der Waals surface area contributed by atoms with E-state index in [1.165, 1.54) is 75.3 Å².